The molecule has 0 unspecified atom stereocenters. The fraction of sp³-hybridized carbons (Fsp3) is 0.350. The SMILES string of the molecule is COc1ccc(NC(=O)[C@H](C)NS(=O)(=O)c2ccccc2)cc1S(=O)(=O)N1CCOCC1. The molecule has 12 heteroatoms. The Kier molecular flexibility index (Phi) is 7.51. The van der Waals surface area contributed by atoms with Gasteiger partial charge in [0.25, 0.3) is 0 Å². The van der Waals surface area contributed by atoms with Crippen molar-refractivity contribution in [2.24, 2.45) is 0 Å². The molecule has 1 aliphatic heterocycles. The highest BCUT2D eigenvalue weighted by Gasteiger charge is 2.30. The first-order chi connectivity index (χ1) is 15.1. The number of nitrogens with zero attached hydrogens (tertiary/aromatic N) is 1. The number of hydrogen-bond acceptors (Lipinski definition) is 7. The van der Waals surface area contributed by atoms with E-state index in [1.54, 1.807) is 18.2 Å². The summed E-state index contributed by atoms with van der Waals surface area (Å²) in [4.78, 5) is 12.5. The molecule has 1 atom stereocenters. The fourth-order valence-electron chi connectivity index (χ4n) is 3.09. The summed E-state index contributed by atoms with van der Waals surface area (Å²) in [6, 6.07) is 10.8. The van der Waals surface area contributed by atoms with Crippen LogP contribution in [-0.2, 0) is 29.6 Å². The minimum absolute atomic E-state index is 0.0305. The molecular weight excluding hydrogens is 458 g/mol. The summed E-state index contributed by atoms with van der Waals surface area (Å²) < 4.78 is 65.0. The van der Waals surface area contributed by atoms with E-state index in [-0.39, 0.29) is 47.5 Å². The number of hydrogen-bond donors (Lipinski definition) is 2. The summed E-state index contributed by atoms with van der Waals surface area (Å²) in [5.74, 6) is -0.517. The lowest BCUT2D eigenvalue weighted by atomic mass is 10.2. The first-order valence-electron chi connectivity index (χ1n) is 9.79. The number of ether oxygens (including phenoxy) is 2. The largest absolute Gasteiger partial charge is 0.495 e. The summed E-state index contributed by atoms with van der Waals surface area (Å²) in [5, 5.41) is 2.55. The smallest absolute Gasteiger partial charge is 0.246 e. The first-order valence-corrected chi connectivity index (χ1v) is 12.7. The van der Waals surface area contributed by atoms with Gasteiger partial charge in [-0.15, -0.1) is 0 Å². The lowest BCUT2D eigenvalue weighted by Crippen LogP contribution is -2.41. The Morgan fingerprint density at radius 3 is 2.34 bits per heavy atom. The molecule has 0 aromatic heterocycles. The normalized spacial score (nSPS) is 16.3. The standard InChI is InChI=1S/C20H25N3O7S2/c1-15(22-31(25,26)17-6-4-3-5-7-17)20(24)21-16-8-9-18(29-2)19(14-16)32(27,28)23-10-12-30-13-11-23/h3-9,14-15,22H,10-13H2,1-2H3,(H,21,24)/t15-/m0/s1. The predicted octanol–water partition coefficient (Wildman–Crippen LogP) is 1.02. The van der Waals surface area contributed by atoms with Crippen molar-refractivity contribution in [3.05, 3.63) is 48.5 Å². The minimum atomic E-state index is -3.90. The van der Waals surface area contributed by atoms with Crippen LogP contribution in [0.5, 0.6) is 5.75 Å². The predicted molar refractivity (Wildman–Crippen MR) is 117 cm³/mol. The molecule has 2 N–H and O–H groups in total. The molecule has 32 heavy (non-hydrogen) atoms. The Balaban J connectivity index is 1.78. The van der Waals surface area contributed by atoms with Crippen LogP contribution < -0.4 is 14.8 Å². The van der Waals surface area contributed by atoms with Gasteiger partial charge in [0, 0.05) is 18.8 Å². The van der Waals surface area contributed by atoms with E-state index in [2.05, 4.69) is 10.0 Å². The van der Waals surface area contributed by atoms with E-state index in [0.29, 0.717) is 0 Å². The van der Waals surface area contributed by atoms with Gasteiger partial charge < -0.3 is 14.8 Å². The summed E-state index contributed by atoms with van der Waals surface area (Å²) in [5.41, 5.74) is 0.188. The van der Waals surface area contributed by atoms with Crippen LogP contribution in [0.25, 0.3) is 0 Å². The molecule has 2 aromatic rings. The number of methoxy groups -OCH3 is 1. The number of sulfonamides is 2. The van der Waals surface area contributed by atoms with E-state index < -0.39 is 32.0 Å². The lowest BCUT2D eigenvalue weighted by Gasteiger charge is -2.27. The first kappa shape index (κ1) is 24.1. The zero-order chi connectivity index (χ0) is 23.4. The Labute approximate surface area is 187 Å². The molecular formula is C20H25N3O7S2. The number of carbonyl (C=O) groups excluding carboxylic acids is 1. The number of anilines is 1. The fourth-order valence-corrected chi connectivity index (χ4v) is 5.90. The van der Waals surface area contributed by atoms with Gasteiger partial charge >= 0.3 is 0 Å². The second-order valence-corrected chi connectivity index (χ2v) is 10.6. The van der Waals surface area contributed by atoms with Crippen molar-refractivity contribution >= 4 is 31.6 Å². The third-order valence-corrected chi connectivity index (χ3v) is 8.27. The number of rotatable bonds is 8. The van der Waals surface area contributed by atoms with E-state index in [4.69, 9.17) is 9.47 Å². The van der Waals surface area contributed by atoms with Gasteiger partial charge in [0.05, 0.1) is 31.3 Å². The van der Waals surface area contributed by atoms with Gasteiger partial charge in [0.2, 0.25) is 26.0 Å². The van der Waals surface area contributed by atoms with E-state index in [0.717, 1.165) is 0 Å². The van der Waals surface area contributed by atoms with Gasteiger partial charge in [0.1, 0.15) is 10.6 Å². The summed E-state index contributed by atoms with van der Waals surface area (Å²) in [6.07, 6.45) is 0. The van der Waals surface area contributed by atoms with E-state index in [9.17, 15) is 21.6 Å². The van der Waals surface area contributed by atoms with E-state index in [1.807, 2.05) is 0 Å². The van der Waals surface area contributed by atoms with E-state index >= 15 is 0 Å². The van der Waals surface area contributed by atoms with Gasteiger partial charge in [-0.2, -0.15) is 9.03 Å². The Morgan fingerprint density at radius 2 is 1.72 bits per heavy atom. The van der Waals surface area contributed by atoms with Crippen LogP contribution in [0.1, 0.15) is 6.92 Å². The number of benzene rings is 2. The third kappa shape index (κ3) is 5.45. The maximum Gasteiger partial charge on any atom is 0.246 e. The molecule has 0 spiro atoms. The van der Waals surface area contributed by atoms with Gasteiger partial charge in [0.15, 0.2) is 0 Å². The van der Waals surface area contributed by atoms with Crippen molar-refractivity contribution < 1.29 is 31.1 Å². The van der Waals surface area contributed by atoms with Crippen molar-refractivity contribution in [1.29, 1.82) is 0 Å². The quantitative estimate of drug-likeness (QED) is 0.573. The third-order valence-electron chi connectivity index (χ3n) is 4.80. The second kappa shape index (κ2) is 9.96. The van der Waals surface area contributed by atoms with Crippen LogP contribution in [0.15, 0.2) is 58.3 Å². The molecule has 1 heterocycles. The van der Waals surface area contributed by atoms with Crippen molar-refractivity contribution in [1.82, 2.24) is 9.03 Å². The van der Waals surface area contributed by atoms with Crippen LogP contribution in [0.2, 0.25) is 0 Å². The molecule has 3 rings (SSSR count). The highest BCUT2D eigenvalue weighted by Crippen LogP contribution is 2.30. The Hall–Kier alpha value is -2.51. The molecule has 2 aromatic carbocycles. The minimum Gasteiger partial charge on any atom is -0.495 e. The molecule has 0 bridgehead atoms. The average Bonchev–Trinajstić information content (AvgIpc) is 2.80. The molecule has 0 aliphatic carbocycles. The number of carbonyl (C=O) groups is 1. The summed E-state index contributed by atoms with van der Waals surface area (Å²) in [6.45, 7) is 2.39. The molecule has 174 valence electrons. The highest BCUT2D eigenvalue weighted by atomic mass is 32.2. The van der Waals surface area contributed by atoms with Crippen LogP contribution in [0, 0.1) is 0 Å². The lowest BCUT2D eigenvalue weighted by molar-refractivity contribution is -0.117. The monoisotopic (exact) mass is 483 g/mol. The number of amides is 1. The van der Waals surface area contributed by atoms with Crippen molar-refractivity contribution in [3.63, 3.8) is 0 Å². The topological polar surface area (TPSA) is 131 Å². The Bertz CT molecular complexity index is 1160. The molecule has 0 radical (unpaired) electrons. The van der Waals surface area contributed by atoms with Crippen LogP contribution in [0.4, 0.5) is 5.69 Å². The summed E-state index contributed by atoms with van der Waals surface area (Å²) >= 11 is 0. The van der Waals surface area contributed by atoms with Gasteiger partial charge in [-0.25, -0.2) is 16.8 Å². The zero-order valence-corrected chi connectivity index (χ0v) is 19.3. The average molecular weight is 484 g/mol. The van der Waals surface area contributed by atoms with Crippen LogP contribution in [-0.4, -0.2) is 66.5 Å². The zero-order valence-electron chi connectivity index (χ0n) is 17.6. The second-order valence-electron chi connectivity index (χ2n) is 7.03. The van der Waals surface area contributed by atoms with Crippen LogP contribution >= 0.6 is 0 Å². The van der Waals surface area contributed by atoms with Gasteiger partial charge in [-0.3, -0.25) is 4.79 Å². The maximum atomic E-state index is 13.1. The van der Waals surface area contributed by atoms with Crippen molar-refractivity contribution in [3.8, 4) is 5.75 Å². The van der Waals surface area contributed by atoms with Gasteiger partial charge in [-0.1, -0.05) is 18.2 Å². The van der Waals surface area contributed by atoms with Crippen LogP contribution in [0.3, 0.4) is 0 Å². The highest BCUT2D eigenvalue weighted by molar-refractivity contribution is 7.89. The number of nitrogens with one attached hydrogen (secondary N) is 2. The van der Waals surface area contributed by atoms with Crippen molar-refractivity contribution in [2.45, 2.75) is 22.8 Å². The maximum absolute atomic E-state index is 13.1. The molecule has 1 fully saturated rings. The Morgan fingerprint density at radius 1 is 1.06 bits per heavy atom. The summed E-state index contributed by atoms with van der Waals surface area (Å²) in [7, 11) is -6.43. The molecule has 1 saturated heterocycles. The molecule has 1 amide bonds. The molecule has 1 aliphatic rings. The van der Waals surface area contributed by atoms with Gasteiger partial charge in [-0.05, 0) is 37.3 Å². The number of morpholine rings is 1. The molecule has 0 saturated carbocycles. The molecule has 10 nitrogen and oxygen atoms in total. The van der Waals surface area contributed by atoms with Crippen molar-refractivity contribution in [2.75, 3.05) is 38.7 Å². The van der Waals surface area contributed by atoms with E-state index in [1.165, 1.54) is 48.7 Å².